The van der Waals surface area contributed by atoms with Crippen LogP contribution in [0, 0.1) is 0 Å². The zero-order valence-electron chi connectivity index (χ0n) is 19.4. The number of aromatic amines is 1. The molecule has 1 fully saturated rings. The number of hydrogen-bond donors (Lipinski definition) is 3. The van der Waals surface area contributed by atoms with Crippen molar-refractivity contribution < 1.29 is 4.74 Å². The molecule has 1 saturated carbocycles. The predicted octanol–water partition coefficient (Wildman–Crippen LogP) is 4.18. The largest absolute Gasteiger partial charge is 0.496 e. The maximum Gasteiger partial charge on any atom is 0.178 e. The average molecular weight is 458 g/mol. The fourth-order valence-electron chi connectivity index (χ4n) is 5.26. The number of anilines is 1. The third-order valence-electron chi connectivity index (χ3n) is 6.99. The van der Waals surface area contributed by atoms with Crippen LogP contribution in [0.5, 0.6) is 5.75 Å². The topological polar surface area (TPSA) is 115 Å². The molecule has 1 atom stereocenters. The van der Waals surface area contributed by atoms with Gasteiger partial charge in [-0.05, 0) is 67.8 Å². The Morgan fingerprint density at radius 3 is 2.76 bits per heavy atom. The molecule has 3 aromatic heterocycles. The van der Waals surface area contributed by atoms with Gasteiger partial charge in [-0.3, -0.25) is 4.98 Å². The number of nitrogen functional groups attached to an aromatic ring is 1. The Balaban J connectivity index is 1.25. The van der Waals surface area contributed by atoms with E-state index in [-0.39, 0.29) is 5.92 Å². The second-order valence-electron chi connectivity index (χ2n) is 9.02. The molecule has 4 N–H and O–H groups in total. The summed E-state index contributed by atoms with van der Waals surface area (Å²) >= 11 is 0. The molecule has 5 rings (SSSR count). The second kappa shape index (κ2) is 10.2. The highest BCUT2D eigenvalue weighted by Gasteiger charge is 2.25. The molecule has 0 radical (unpaired) electrons. The normalized spacial score (nSPS) is 19.2. The van der Waals surface area contributed by atoms with E-state index in [2.05, 4.69) is 55.0 Å². The molecular formula is C26H31N7O. The molecule has 1 unspecified atom stereocenters. The molecule has 34 heavy (non-hydrogen) atoms. The highest BCUT2D eigenvalue weighted by atomic mass is 16.5. The maximum atomic E-state index is 6.11. The van der Waals surface area contributed by atoms with E-state index >= 15 is 0 Å². The van der Waals surface area contributed by atoms with Gasteiger partial charge in [0.05, 0.1) is 7.11 Å². The number of nitrogens with one attached hydrogen (secondary N) is 2. The molecule has 1 aliphatic carbocycles. The van der Waals surface area contributed by atoms with Crippen LogP contribution < -0.4 is 15.8 Å². The smallest absolute Gasteiger partial charge is 0.178 e. The van der Waals surface area contributed by atoms with Crippen LogP contribution in [0.4, 0.5) is 5.82 Å². The number of nitrogens with zero attached hydrogens (tertiary/aromatic N) is 4. The minimum absolute atomic E-state index is 0.155. The molecule has 0 spiro atoms. The Labute approximate surface area is 199 Å². The molecular weight excluding hydrogens is 426 g/mol. The highest BCUT2D eigenvalue weighted by molar-refractivity contribution is 5.77. The van der Waals surface area contributed by atoms with Gasteiger partial charge < -0.3 is 15.8 Å². The molecule has 1 aromatic carbocycles. The van der Waals surface area contributed by atoms with Crippen LogP contribution in [-0.4, -0.2) is 45.1 Å². The zero-order chi connectivity index (χ0) is 23.3. The fraction of sp³-hybridized carbons (Fsp3) is 0.385. The first kappa shape index (κ1) is 22.3. The fourth-order valence-corrected chi connectivity index (χ4v) is 5.26. The van der Waals surface area contributed by atoms with Crippen LogP contribution in [0.1, 0.15) is 60.6 Å². The van der Waals surface area contributed by atoms with E-state index in [1.54, 1.807) is 13.3 Å². The van der Waals surface area contributed by atoms with E-state index in [4.69, 9.17) is 10.5 Å². The minimum Gasteiger partial charge on any atom is -0.496 e. The van der Waals surface area contributed by atoms with E-state index in [9.17, 15) is 0 Å². The summed E-state index contributed by atoms with van der Waals surface area (Å²) in [5.74, 6) is 2.10. The number of aromatic nitrogens is 5. The molecule has 4 aromatic rings. The third kappa shape index (κ3) is 4.72. The number of fused-ring (bicyclic) bond motifs is 1. The van der Waals surface area contributed by atoms with E-state index in [0.717, 1.165) is 55.5 Å². The Morgan fingerprint density at radius 2 is 1.97 bits per heavy atom. The lowest BCUT2D eigenvalue weighted by molar-refractivity contribution is 0.331. The van der Waals surface area contributed by atoms with E-state index in [1.165, 1.54) is 11.1 Å². The van der Waals surface area contributed by atoms with Crippen molar-refractivity contribution in [3.8, 4) is 5.75 Å². The molecule has 0 aliphatic heterocycles. The van der Waals surface area contributed by atoms with Crippen molar-refractivity contribution in [1.82, 2.24) is 30.7 Å². The number of ether oxygens (including phenoxy) is 1. The van der Waals surface area contributed by atoms with Gasteiger partial charge >= 0.3 is 0 Å². The molecule has 1 aliphatic rings. The van der Waals surface area contributed by atoms with Gasteiger partial charge in [-0.15, -0.1) is 5.10 Å². The molecule has 0 saturated heterocycles. The Bertz CT molecular complexity index is 1220. The van der Waals surface area contributed by atoms with Crippen LogP contribution in [0.3, 0.4) is 0 Å². The third-order valence-corrected chi connectivity index (χ3v) is 6.99. The van der Waals surface area contributed by atoms with Gasteiger partial charge in [0.1, 0.15) is 17.1 Å². The quantitative estimate of drug-likeness (QED) is 0.364. The van der Waals surface area contributed by atoms with Gasteiger partial charge in [-0.2, -0.15) is 0 Å². The van der Waals surface area contributed by atoms with Crippen molar-refractivity contribution in [2.75, 3.05) is 19.4 Å². The van der Waals surface area contributed by atoms with Crippen molar-refractivity contribution >= 4 is 17.0 Å². The molecule has 0 amide bonds. The predicted molar refractivity (Wildman–Crippen MR) is 133 cm³/mol. The van der Waals surface area contributed by atoms with Crippen LogP contribution in [-0.2, 0) is 0 Å². The van der Waals surface area contributed by atoms with E-state index in [0.29, 0.717) is 23.4 Å². The Hall–Kier alpha value is -3.52. The number of benzene rings is 1. The number of hydrogen-bond acceptors (Lipinski definition) is 7. The highest BCUT2D eigenvalue weighted by Crippen LogP contribution is 2.37. The van der Waals surface area contributed by atoms with Gasteiger partial charge in [0.15, 0.2) is 5.65 Å². The first-order chi connectivity index (χ1) is 16.7. The standard InChI is InChI=1S/C26H31N7O/c1-34-23-12-13-28-16-22(23)18-7-9-19(10-8-18)29-14-11-20(17-5-3-2-4-6-17)21-15-24(27)30-26-25(21)31-33-32-26/h2-6,12-13,15-16,18-20,29H,7-11,14H2,1H3,(H3,27,30,31,32,33)/t18-,19+,20?. The molecule has 176 valence electrons. The lowest BCUT2D eigenvalue weighted by Gasteiger charge is -2.30. The van der Waals surface area contributed by atoms with Crippen LogP contribution in [0.2, 0.25) is 0 Å². The van der Waals surface area contributed by atoms with Crippen molar-refractivity contribution in [2.24, 2.45) is 0 Å². The number of nitrogens with two attached hydrogens (primary N) is 1. The monoisotopic (exact) mass is 457 g/mol. The van der Waals surface area contributed by atoms with Gasteiger partial charge in [0.2, 0.25) is 0 Å². The van der Waals surface area contributed by atoms with Gasteiger partial charge in [0, 0.05) is 29.9 Å². The lowest BCUT2D eigenvalue weighted by Crippen LogP contribution is -2.34. The number of methoxy groups -OCH3 is 1. The SMILES string of the molecule is COc1ccncc1[C@H]1CC[C@@H](NCCC(c2ccccc2)c2cc(N)nc3[nH]nnc23)CC1. The van der Waals surface area contributed by atoms with Crippen molar-refractivity contribution in [1.29, 1.82) is 0 Å². The van der Waals surface area contributed by atoms with Crippen LogP contribution in [0.25, 0.3) is 11.2 Å². The van der Waals surface area contributed by atoms with Gasteiger partial charge in [-0.25, -0.2) is 10.1 Å². The molecule has 3 heterocycles. The summed E-state index contributed by atoms with van der Waals surface area (Å²) in [6.45, 7) is 0.909. The van der Waals surface area contributed by atoms with Crippen molar-refractivity contribution in [3.63, 3.8) is 0 Å². The van der Waals surface area contributed by atoms with Crippen molar-refractivity contribution in [2.45, 2.75) is 50.0 Å². The minimum atomic E-state index is 0.155. The average Bonchev–Trinajstić information content (AvgIpc) is 3.36. The molecule has 0 bridgehead atoms. The molecule has 8 heteroatoms. The molecule has 8 nitrogen and oxygen atoms in total. The summed E-state index contributed by atoms with van der Waals surface area (Å²) in [5.41, 5.74) is 11.1. The first-order valence-electron chi connectivity index (χ1n) is 12.0. The van der Waals surface area contributed by atoms with Gasteiger partial charge in [-0.1, -0.05) is 35.5 Å². The second-order valence-corrected chi connectivity index (χ2v) is 9.02. The summed E-state index contributed by atoms with van der Waals surface area (Å²) in [4.78, 5) is 8.66. The zero-order valence-corrected chi connectivity index (χ0v) is 19.4. The lowest BCUT2D eigenvalue weighted by atomic mass is 9.81. The van der Waals surface area contributed by atoms with Crippen molar-refractivity contribution in [3.05, 3.63) is 71.5 Å². The maximum absolute atomic E-state index is 6.11. The number of rotatable bonds is 8. The number of pyridine rings is 2. The number of H-pyrrole nitrogens is 1. The Morgan fingerprint density at radius 1 is 1.15 bits per heavy atom. The summed E-state index contributed by atoms with van der Waals surface area (Å²) in [6.07, 6.45) is 9.27. The van der Waals surface area contributed by atoms with Crippen LogP contribution in [0.15, 0.2) is 54.9 Å². The van der Waals surface area contributed by atoms with E-state index < -0.39 is 0 Å². The summed E-state index contributed by atoms with van der Waals surface area (Å²) in [7, 11) is 1.73. The first-order valence-corrected chi connectivity index (χ1v) is 12.0. The summed E-state index contributed by atoms with van der Waals surface area (Å²) in [5, 5.41) is 14.9. The summed E-state index contributed by atoms with van der Waals surface area (Å²) < 4.78 is 5.55. The van der Waals surface area contributed by atoms with E-state index in [1.807, 2.05) is 24.4 Å². The van der Waals surface area contributed by atoms with Gasteiger partial charge in [0.25, 0.3) is 0 Å². The summed E-state index contributed by atoms with van der Waals surface area (Å²) in [6, 6.07) is 14.9. The Kier molecular flexibility index (Phi) is 6.67. The van der Waals surface area contributed by atoms with Crippen LogP contribution >= 0.6 is 0 Å².